The van der Waals surface area contributed by atoms with Crippen LogP contribution in [0.25, 0.3) is 0 Å². The number of nitrogens with zero attached hydrogens (tertiary/aromatic N) is 3. The number of aliphatic hydroxyl groups is 2. The largest absolute Gasteiger partial charge is 0.472 e. The van der Waals surface area contributed by atoms with Crippen molar-refractivity contribution >= 4 is 21.5 Å². The molecule has 0 aliphatic carbocycles. The first-order chi connectivity index (χ1) is 22.5. The number of nitrogens with one attached hydrogen (secondary N) is 1. The molecule has 0 bridgehead atoms. The van der Waals surface area contributed by atoms with Gasteiger partial charge in [0.05, 0.1) is 25.9 Å². The van der Waals surface area contributed by atoms with Crippen molar-refractivity contribution in [3.05, 3.63) is 55.3 Å². The predicted molar refractivity (Wildman–Crippen MR) is 158 cm³/mol. The Labute approximate surface area is 270 Å². The van der Waals surface area contributed by atoms with E-state index < -0.39 is 108 Å². The zero-order valence-electron chi connectivity index (χ0n) is 25.2. The molecule has 2 unspecified atom stereocenters. The molecule has 22 nitrogen and oxygen atoms in total. The second-order valence-electron chi connectivity index (χ2n) is 11.3. The number of hydrogen-bond acceptors (Lipinski definition) is 17. The number of nitrogens with two attached hydrogens (primary N) is 2. The normalized spacial score (nSPS) is 33.1. The predicted octanol–water partition coefficient (Wildman–Crippen LogP) is -2.31. The van der Waals surface area contributed by atoms with Crippen molar-refractivity contribution < 1.29 is 61.4 Å². The molecule has 3 fully saturated rings. The number of aromatic amines is 1. The second-order valence-corrected chi connectivity index (χ2v) is 14.1. The molecule has 3 saturated heterocycles. The standard InChI is InChI=1S/C24H36N6O16P2/c1-11-7-30(24(35)28-22(11)33)21-5-13(15(8-31)43-21)45-48(38,39)41-10-17-14(6-20(44-17)29-3-2-18(25)27-23(29)34)46-47(36,37)40-9-16-12(32)4-19(26)42-16/h2-3,7,12-17,19-21,31-32H,4-6,8-10,26H2,1H3,(H,36,37)(H,38,39)(H2,25,27,34)(H,28,33,35)/t12-,13-,14-,15+,16+,17+,19+,20+,21+/m0/s1. The van der Waals surface area contributed by atoms with Gasteiger partial charge in [-0.25, -0.2) is 18.7 Å². The lowest BCUT2D eigenvalue weighted by molar-refractivity contribution is -0.0593. The lowest BCUT2D eigenvalue weighted by atomic mass is 10.2. The summed E-state index contributed by atoms with van der Waals surface area (Å²) in [7, 11) is -9.92. The van der Waals surface area contributed by atoms with Gasteiger partial charge in [-0.1, -0.05) is 0 Å². The number of nitrogen functional groups attached to an aromatic ring is 1. The summed E-state index contributed by atoms with van der Waals surface area (Å²) in [5.74, 6) is -0.0792. The molecule has 268 valence electrons. The van der Waals surface area contributed by atoms with E-state index >= 15 is 0 Å². The van der Waals surface area contributed by atoms with Crippen molar-refractivity contribution in [1.82, 2.24) is 19.1 Å². The molecule has 0 radical (unpaired) electrons. The summed E-state index contributed by atoms with van der Waals surface area (Å²) in [5, 5.41) is 19.8. The zero-order chi connectivity index (χ0) is 35.0. The van der Waals surface area contributed by atoms with E-state index in [9.17, 15) is 43.5 Å². The Bertz CT molecular complexity index is 1740. The van der Waals surface area contributed by atoms with Gasteiger partial charge < -0.3 is 45.7 Å². The molecule has 0 spiro atoms. The highest BCUT2D eigenvalue weighted by atomic mass is 31.2. The summed E-state index contributed by atoms with van der Waals surface area (Å²) >= 11 is 0. The number of aromatic nitrogens is 4. The highest BCUT2D eigenvalue weighted by molar-refractivity contribution is 7.47. The summed E-state index contributed by atoms with van der Waals surface area (Å²) in [6.45, 7) is -0.573. The van der Waals surface area contributed by atoms with Crippen LogP contribution in [0.2, 0.25) is 0 Å². The molecular weight excluding hydrogens is 690 g/mol. The second kappa shape index (κ2) is 14.7. The van der Waals surface area contributed by atoms with Crippen molar-refractivity contribution in [2.75, 3.05) is 25.6 Å². The number of H-pyrrole nitrogens is 1. The third-order valence-electron chi connectivity index (χ3n) is 7.75. The molecule has 2 aromatic heterocycles. The van der Waals surface area contributed by atoms with Crippen LogP contribution in [0.4, 0.5) is 5.82 Å². The Hall–Kier alpha value is -2.66. The van der Waals surface area contributed by atoms with Crippen LogP contribution < -0.4 is 28.4 Å². The first kappa shape index (κ1) is 36.6. The Kier molecular flexibility index (Phi) is 11.2. The van der Waals surface area contributed by atoms with Gasteiger partial charge in [-0.05, 0) is 13.0 Å². The number of aliphatic hydroxyl groups excluding tert-OH is 2. The topological polar surface area (TPSA) is 321 Å². The average Bonchev–Trinajstić information content (AvgIpc) is 3.68. The third-order valence-corrected chi connectivity index (χ3v) is 9.78. The van der Waals surface area contributed by atoms with Crippen LogP contribution in [0.15, 0.2) is 32.8 Å². The highest BCUT2D eigenvalue weighted by Gasteiger charge is 2.46. The Morgan fingerprint density at radius 1 is 0.958 bits per heavy atom. The average molecular weight is 727 g/mol. The van der Waals surface area contributed by atoms with Gasteiger partial charge in [0, 0.05) is 37.2 Å². The Balaban J connectivity index is 1.26. The molecule has 0 aromatic carbocycles. The van der Waals surface area contributed by atoms with Gasteiger partial charge in [-0.15, -0.1) is 0 Å². The minimum absolute atomic E-state index is 0.0772. The van der Waals surface area contributed by atoms with E-state index in [4.69, 9.17) is 43.8 Å². The van der Waals surface area contributed by atoms with Crippen LogP contribution in [-0.2, 0) is 41.4 Å². The number of phosphoric ester groups is 2. The van der Waals surface area contributed by atoms with Gasteiger partial charge in [-0.2, -0.15) is 4.98 Å². The molecule has 2 aromatic rings. The van der Waals surface area contributed by atoms with E-state index in [1.807, 2.05) is 0 Å². The van der Waals surface area contributed by atoms with Crippen LogP contribution >= 0.6 is 15.6 Å². The monoisotopic (exact) mass is 726 g/mol. The lowest BCUT2D eigenvalue weighted by Gasteiger charge is -2.24. The van der Waals surface area contributed by atoms with E-state index in [2.05, 4.69) is 9.97 Å². The van der Waals surface area contributed by atoms with E-state index in [0.717, 1.165) is 9.13 Å². The molecule has 0 amide bonds. The van der Waals surface area contributed by atoms with Crippen molar-refractivity contribution in [1.29, 1.82) is 0 Å². The van der Waals surface area contributed by atoms with Crippen molar-refractivity contribution in [2.45, 2.75) is 81.5 Å². The van der Waals surface area contributed by atoms with Gasteiger partial charge >= 0.3 is 27.0 Å². The number of rotatable bonds is 13. The lowest BCUT2D eigenvalue weighted by Crippen LogP contribution is -2.33. The number of ether oxygens (including phenoxy) is 3. The van der Waals surface area contributed by atoms with Gasteiger partial charge in [0.1, 0.15) is 55.0 Å². The maximum absolute atomic E-state index is 13.0. The van der Waals surface area contributed by atoms with Crippen LogP contribution in [0, 0.1) is 6.92 Å². The maximum atomic E-state index is 13.0. The smallest absolute Gasteiger partial charge is 0.394 e. The summed E-state index contributed by atoms with van der Waals surface area (Å²) in [5.41, 5.74) is 9.10. The first-order valence-electron chi connectivity index (χ1n) is 14.5. The van der Waals surface area contributed by atoms with E-state index in [1.54, 1.807) is 0 Å². The first-order valence-corrected chi connectivity index (χ1v) is 17.5. The number of hydrogen-bond donors (Lipinski definition) is 7. The summed E-state index contributed by atoms with van der Waals surface area (Å²) in [4.78, 5) is 63.2. The van der Waals surface area contributed by atoms with Crippen molar-refractivity contribution in [3.63, 3.8) is 0 Å². The molecule has 0 saturated carbocycles. The molecular formula is C24H36N6O16P2. The summed E-state index contributed by atoms with van der Waals surface area (Å²) < 4.78 is 65.3. The highest BCUT2D eigenvalue weighted by Crippen LogP contribution is 2.51. The molecule has 5 heterocycles. The van der Waals surface area contributed by atoms with Crippen LogP contribution in [0.3, 0.4) is 0 Å². The van der Waals surface area contributed by atoms with Crippen LogP contribution in [0.1, 0.15) is 37.3 Å². The number of aryl methyl sites for hydroxylation is 1. The molecule has 3 aliphatic rings. The summed E-state index contributed by atoms with van der Waals surface area (Å²) in [6, 6.07) is 1.30. The Morgan fingerprint density at radius 2 is 1.54 bits per heavy atom. The molecule has 5 rings (SSSR count). The minimum Gasteiger partial charge on any atom is -0.394 e. The van der Waals surface area contributed by atoms with Crippen LogP contribution in [-0.4, -0.2) is 102 Å². The number of anilines is 1. The zero-order valence-corrected chi connectivity index (χ0v) is 27.0. The van der Waals surface area contributed by atoms with Crippen molar-refractivity contribution in [3.8, 4) is 0 Å². The van der Waals surface area contributed by atoms with Gasteiger partial charge in [0.2, 0.25) is 0 Å². The summed E-state index contributed by atoms with van der Waals surface area (Å²) in [6.07, 6.45) is -8.24. The molecule has 9 N–H and O–H groups in total. The minimum atomic E-state index is -5.01. The van der Waals surface area contributed by atoms with E-state index in [1.165, 1.54) is 25.4 Å². The molecule has 48 heavy (non-hydrogen) atoms. The fraction of sp³-hybridized carbons (Fsp3) is 0.667. The quantitative estimate of drug-likeness (QED) is 0.107. The maximum Gasteiger partial charge on any atom is 0.472 e. The number of phosphoric acid groups is 2. The molecule has 24 heteroatoms. The van der Waals surface area contributed by atoms with Gasteiger partial charge in [0.15, 0.2) is 0 Å². The van der Waals surface area contributed by atoms with Crippen molar-refractivity contribution in [2.24, 2.45) is 5.73 Å². The van der Waals surface area contributed by atoms with Gasteiger partial charge in [-0.3, -0.25) is 37.0 Å². The molecule has 11 atom stereocenters. The Morgan fingerprint density at radius 3 is 2.12 bits per heavy atom. The van der Waals surface area contributed by atoms with Crippen LogP contribution in [0.5, 0.6) is 0 Å². The fourth-order valence-electron chi connectivity index (χ4n) is 5.37. The molecule has 3 aliphatic heterocycles. The third kappa shape index (κ3) is 8.73. The van der Waals surface area contributed by atoms with E-state index in [0.29, 0.717) is 0 Å². The van der Waals surface area contributed by atoms with Gasteiger partial charge in [0.25, 0.3) is 5.56 Å². The van der Waals surface area contributed by atoms with E-state index in [-0.39, 0.29) is 30.6 Å². The fourth-order valence-corrected chi connectivity index (χ4v) is 7.29. The SMILES string of the molecule is Cc1cn([C@H]2C[C@H](OP(=O)(O)OC[C@H]3O[C@@H](n4ccc(N)nc4=O)C[C@@H]3OP(=O)(O)OC[C@H]3O[C@@H](N)C[C@@H]3O)[C@@H](CO)O2)c(=O)[nH]c1=O.